The minimum absolute atomic E-state index is 0.0905. The van der Waals surface area contributed by atoms with Crippen LogP contribution in [0.3, 0.4) is 0 Å². The average molecular weight is 294 g/mol. The highest BCUT2D eigenvalue weighted by atomic mass is 79.9. The molecule has 3 nitrogen and oxygen atoms in total. The second-order valence-electron chi connectivity index (χ2n) is 4.88. The van der Waals surface area contributed by atoms with E-state index >= 15 is 0 Å². The number of aromatic nitrogens is 2. The van der Waals surface area contributed by atoms with E-state index in [1.54, 1.807) is 0 Å². The van der Waals surface area contributed by atoms with E-state index in [1.807, 2.05) is 18.3 Å². The van der Waals surface area contributed by atoms with Gasteiger partial charge >= 0.3 is 0 Å². The van der Waals surface area contributed by atoms with Gasteiger partial charge in [0, 0.05) is 22.6 Å². The number of pyridine rings is 1. The van der Waals surface area contributed by atoms with Gasteiger partial charge in [-0.05, 0) is 40.9 Å². The van der Waals surface area contributed by atoms with Crippen LogP contribution in [0.25, 0.3) is 5.52 Å². The van der Waals surface area contributed by atoms with E-state index in [-0.39, 0.29) is 5.41 Å². The van der Waals surface area contributed by atoms with E-state index in [0.29, 0.717) is 6.54 Å². The lowest BCUT2D eigenvalue weighted by atomic mass is 9.85. The molecule has 0 atom stereocenters. The average Bonchev–Trinajstić information content (AvgIpc) is 2.96. The molecular formula is C13H16BrN3. The van der Waals surface area contributed by atoms with Gasteiger partial charge in [-0.3, -0.25) is 0 Å². The third-order valence-corrected chi connectivity index (χ3v) is 4.62. The predicted octanol–water partition coefficient (Wildman–Crippen LogP) is 2.87. The fraction of sp³-hybridized carbons (Fsp3) is 0.462. The first-order valence-electron chi connectivity index (χ1n) is 6.09. The van der Waals surface area contributed by atoms with Gasteiger partial charge in [-0.2, -0.15) is 0 Å². The number of hydrogen-bond donors (Lipinski definition) is 1. The quantitative estimate of drug-likeness (QED) is 0.925. The van der Waals surface area contributed by atoms with Crippen LogP contribution in [0.5, 0.6) is 0 Å². The van der Waals surface area contributed by atoms with Crippen molar-refractivity contribution in [2.45, 2.75) is 31.1 Å². The number of fused-ring (bicyclic) bond motifs is 1. The minimum Gasteiger partial charge on any atom is -0.329 e. The molecule has 2 heterocycles. The number of rotatable bonds is 2. The van der Waals surface area contributed by atoms with Gasteiger partial charge in [-0.1, -0.05) is 12.8 Å². The molecule has 4 heteroatoms. The van der Waals surface area contributed by atoms with Crippen molar-refractivity contribution in [3.8, 4) is 0 Å². The Hall–Kier alpha value is -0.870. The maximum absolute atomic E-state index is 6.02. The molecule has 2 aromatic rings. The summed E-state index contributed by atoms with van der Waals surface area (Å²) in [6, 6.07) is 4.09. The lowest BCUT2D eigenvalue weighted by molar-refractivity contribution is 0.423. The Morgan fingerprint density at radius 1 is 1.41 bits per heavy atom. The molecule has 0 bridgehead atoms. The zero-order valence-electron chi connectivity index (χ0n) is 9.69. The number of hydrogen-bond acceptors (Lipinski definition) is 2. The monoisotopic (exact) mass is 293 g/mol. The van der Waals surface area contributed by atoms with Crippen LogP contribution in [0, 0.1) is 0 Å². The van der Waals surface area contributed by atoms with Gasteiger partial charge in [-0.15, -0.1) is 0 Å². The summed E-state index contributed by atoms with van der Waals surface area (Å²) in [6.45, 7) is 0.693. The van der Waals surface area contributed by atoms with Crippen LogP contribution in [-0.4, -0.2) is 15.9 Å². The minimum atomic E-state index is 0.0905. The molecule has 0 unspecified atom stereocenters. The van der Waals surface area contributed by atoms with Crippen molar-refractivity contribution in [3.05, 3.63) is 34.8 Å². The van der Waals surface area contributed by atoms with Crippen molar-refractivity contribution in [1.82, 2.24) is 9.38 Å². The van der Waals surface area contributed by atoms with Crippen LogP contribution < -0.4 is 5.73 Å². The van der Waals surface area contributed by atoms with Crippen LogP contribution >= 0.6 is 15.9 Å². The summed E-state index contributed by atoms with van der Waals surface area (Å²) in [6.07, 6.45) is 8.87. The summed E-state index contributed by atoms with van der Waals surface area (Å²) in [5, 5.41) is 0. The van der Waals surface area contributed by atoms with Gasteiger partial charge in [0.05, 0.1) is 11.7 Å². The topological polar surface area (TPSA) is 43.3 Å². The Balaban J connectivity index is 2.20. The third-order valence-electron chi connectivity index (χ3n) is 3.94. The molecule has 2 N–H and O–H groups in total. The SMILES string of the molecule is NCC1(c2ncc3c(Br)cccn23)CCCC1. The summed E-state index contributed by atoms with van der Waals surface area (Å²) < 4.78 is 3.27. The highest BCUT2D eigenvalue weighted by Crippen LogP contribution is 2.40. The Morgan fingerprint density at radius 2 is 2.18 bits per heavy atom. The van der Waals surface area contributed by atoms with E-state index in [2.05, 4.69) is 31.5 Å². The van der Waals surface area contributed by atoms with Gasteiger partial charge in [-0.25, -0.2) is 4.98 Å². The normalized spacial score (nSPS) is 18.9. The molecule has 1 aliphatic rings. The first-order chi connectivity index (χ1) is 8.27. The van der Waals surface area contributed by atoms with E-state index in [0.717, 1.165) is 28.7 Å². The molecule has 2 aromatic heterocycles. The number of imidazole rings is 1. The Morgan fingerprint density at radius 3 is 2.88 bits per heavy atom. The van der Waals surface area contributed by atoms with Gasteiger partial charge in [0.25, 0.3) is 0 Å². The molecular weight excluding hydrogens is 278 g/mol. The largest absolute Gasteiger partial charge is 0.329 e. The fourth-order valence-electron chi connectivity index (χ4n) is 2.95. The fourth-order valence-corrected chi connectivity index (χ4v) is 3.40. The van der Waals surface area contributed by atoms with Crippen molar-refractivity contribution >= 4 is 21.4 Å². The number of halogens is 1. The third kappa shape index (κ3) is 1.62. The maximum Gasteiger partial charge on any atom is 0.120 e. The molecule has 17 heavy (non-hydrogen) atoms. The lowest BCUT2D eigenvalue weighted by Crippen LogP contribution is -2.34. The molecule has 0 saturated heterocycles. The van der Waals surface area contributed by atoms with Crippen molar-refractivity contribution in [1.29, 1.82) is 0 Å². The predicted molar refractivity (Wildman–Crippen MR) is 72.1 cm³/mol. The van der Waals surface area contributed by atoms with E-state index in [4.69, 9.17) is 5.73 Å². The number of nitrogens with zero attached hydrogens (tertiary/aromatic N) is 2. The van der Waals surface area contributed by atoms with E-state index in [9.17, 15) is 0 Å². The van der Waals surface area contributed by atoms with Crippen LogP contribution in [0.2, 0.25) is 0 Å². The first kappa shape index (κ1) is 11.2. The van der Waals surface area contributed by atoms with Crippen molar-refractivity contribution < 1.29 is 0 Å². The molecule has 0 aliphatic heterocycles. The Labute approximate surface area is 109 Å². The van der Waals surface area contributed by atoms with Crippen molar-refractivity contribution in [3.63, 3.8) is 0 Å². The Kier molecular flexibility index (Phi) is 2.71. The smallest absolute Gasteiger partial charge is 0.120 e. The van der Waals surface area contributed by atoms with Crippen LogP contribution in [0.15, 0.2) is 29.0 Å². The lowest BCUT2D eigenvalue weighted by Gasteiger charge is -2.25. The summed E-state index contributed by atoms with van der Waals surface area (Å²) in [7, 11) is 0. The molecule has 90 valence electrons. The highest BCUT2D eigenvalue weighted by Gasteiger charge is 2.37. The van der Waals surface area contributed by atoms with Gasteiger partial charge in [0.1, 0.15) is 5.82 Å². The highest BCUT2D eigenvalue weighted by molar-refractivity contribution is 9.10. The molecule has 1 aliphatic carbocycles. The molecule has 0 aromatic carbocycles. The summed E-state index contributed by atoms with van der Waals surface area (Å²) in [4.78, 5) is 4.63. The van der Waals surface area contributed by atoms with E-state index in [1.165, 1.54) is 12.8 Å². The standard InChI is InChI=1S/C13H16BrN3/c14-10-4-3-7-17-11(10)8-16-12(17)13(9-15)5-1-2-6-13/h3-4,7-8H,1-2,5-6,9,15H2. The zero-order chi connectivity index (χ0) is 11.9. The summed E-state index contributed by atoms with van der Waals surface area (Å²) in [5.41, 5.74) is 7.24. The van der Waals surface area contributed by atoms with Crippen molar-refractivity contribution in [2.24, 2.45) is 5.73 Å². The van der Waals surface area contributed by atoms with Gasteiger partial charge in [0.15, 0.2) is 0 Å². The van der Waals surface area contributed by atoms with Crippen molar-refractivity contribution in [2.75, 3.05) is 6.54 Å². The molecule has 1 fully saturated rings. The maximum atomic E-state index is 6.02. The molecule has 1 saturated carbocycles. The molecule has 3 rings (SSSR count). The summed E-state index contributed by atoms with van der Waals surface area (Å²) >= 11 is 3.57. The Bertz CT molecular complexity index is 541. The molecule has 0 amide bonds. The van der Waals surface area contributed by atoms with Crippen LogP contribution in [0.4, 0.5) is 0 Å². The van der Waals surface area contributed by atoms with Gasteiger partial charge in [0.2, 0.25) is 0 Å². The second kappa shape index (κ2) is 4.10. The van der Waals surface area contributed by atoms with Crippen LogP contribution in [-0.2, 0) is 5.41 Å². The van der Waals surface area contributed by atoms with Gasteiger partial charge < -0.3 is 10.1 Å². The number of nitrogens with two attached hydrogens (primary N) is 1. The van der Waals surface area contributed by atoms with Crippen LogP contribution in [0.1, 0.15) is 31.5 Å². The summed E-state index contributed by atoms with van der Waals surface area (Å²) in [5.74, 6) is 1.13. The second-order valence-corrected chi connectivity index (χ2v) is 5.74. The molecule has 0 radical (unpaired) electrons. The first-order valence-corrected chi connectivity index (χ1v) is 6.88. The van der Waals surface area contributed by atoms with E-state index < -0.39 is 0 Å². The molecule has 0 spiro atoms. The zero-order valence-corrected chi connectivity index (χ0v) is 11.3.